The minimum Gasteiger partial charge on any atom is -0.336 e. The number of hydrogen-bond acceptors (Lipinski definition) is 5. The first-order valence-electron chi connectivity index (χ1n) is 13.9. The topological polar surface area (TPSA) is 75.7 Å². The lowest BCUT2D eigenvalue weighted by Gasteiger charge is -2.30. The summed E-state index contributed by atoms with van der Waals surface area (Å²) in [6, 6.07) is 17.5. The summed E-state index contributed by atoms with van der Waals surface area (Å²) >= 11 is 6.47. The van der Waals surface area contributed by atoms with Crippen LogP contribution in [0.4, 0.5) is 0 Å². The highest BCUT2D eigenvalue weighted by Crippen LogP contribution is 2.20. The van der Waals surface area contributed by atoms with Crippen molar-refractivity contribution in [3.63, 3.8) is 0 Å². The van der Waals surface area contributed by atoms with E-state index in [1.165, 1.54) is 4.52 Å². The van der Waals surface area contributed by atoms with Gasteiger partial charge in [-0.25, -0.2) is 9.78 Å². The van der Waals surface area contributed by atoms with E-state index in [0.29, 0.717) is 53.7 Å². The normalized spacial score (nSPS) is 12.3. The Morgan fingerprint density at radius 1 is 1.00 bits per heavy atom. The van der Waals surface area contributed by atoms with E-state index < -0.39 is 0 Å². The maximum atomic E-state index is 13.6. The van der Waals surface area contributed by atoms with E-state index in [2.05, 4.69) is 31.0 Å². The molecule has 0 aliphatic carbocycles. The summed E-state index contributed by atoms with van der Waals surface area (Å²) in [5.74, 6) is 0.655. The van der Waals surface area contributed by atoms with Gasteiger partial charge in [0.25, 0.3) is 5.91 Å². The summed E-state index contributed by atoms with van der Waals surface area (Å²) in [5, 5.41) is 4.71. The fourth-order valence-corrected chi connectivity index (χ4v) is 5.00. The second-order valence-corrected chi connectivity index (χ2v) is 11.2. The van der Waals surface area contributed by atoms with Crippen LogP contribution in [0.3, 0.4) is 0 Å². The predicted octanol–water partition coefficient (Wildman–Crippen LogP) is 5.01. The number of halogens is 1. The molecule has 2 aromatic carbocycles. The predicted molar refractivity (Wildman–Crippen MR) is 160 cm³/mol. The quantitative estimate of drug-likeness (QED) is 0.227. The molecule has 4 rings (SSSR count). The van der Waals surface area contributed by atoms with E-state index >= 15 is 0 Å². The van der Waals surface area contributed by atoms with Crippen LogP contribution >= 0.6 is 11.6 Å². The van der Waals surface area contributed by atoms with E-state index in [1.54, 1.807) is 11.5 Å². The van der Waals surface area contributed by atoms with E-state index in [-0.39, 0.29) is 17.6 Å². The lowest BCUT2D eigenvalue weighted by atomic mass is 10.1. The highest BCUT2D eigenvalue weighted by atomic mass is 35.5. The van der Waals surface area contributed by atoms with Gasteiger partial charge < -0.3 is 9.80 Å². The van der Waals surface area contributed by atoms with Gasteiger partial charge in [-0.05, 0) is 78.4 Å². The Bertz CT molecular complexity index is 1490. The molecule has 0 unspecified atom stereocenters. The first-order chi connectivity index (χ1) is 19.2. The van der Waals surface area contributed by atoms with Gasteiger partial charge in [0.05, 0.1) is 12.2 Å². The van der Waals surface area contributed by atoms with Crippen molar-refractivity contribution in [1.29, 1.82) is 0 Å². The van der Waals surface area contributed by atoms with Gasteiger partial charge in [-0.2, -0.15) is 9.61 Å². The van der Waals surface area contributed by atoms with Crippen LogP contribution in [-0.4, -0.2) is 68.1 Å². The largest absolute Gasteiger partial charge is 0.352 e. The molecule has 0 spiro atoms. The molecule has 0 radical (unpaired) electrons. The van der Waals surface area contributed by atoms with Gasteiger partial charge in [0.1, 0.15) is 10.8 Å². The van der Waals surface area contributed by atoms with Crippen LogP contribution in [0.1, 0.15) is 59.2 Å². The molecule has 0 aliphatic heterocycles. The zero-order valence-corrected chi connectivity index (χ0v) is 24.9. The number of aryl methyl sites for hydroxylation is 3. The summed E-state index contributed by atoms with van der Waals surface area (Å²) in [4.78, 5) is 36.1. The van der Waals surface area contributed by atoms with Gasteiger partial charge in [0.2, 0.25) is 0 Å². The van der Waals surface area contributed by atoms with Crippen molar-refractivity contribution < 1.29 is 4.79 Å². The van der Waals surface area contributed by atoms with Crippen LogP contribution in [0, 0.1) is 13.8 Å². The Morgan fingerprint density at radius 2 is 1.68 bits per heavy atom. The third-order valence-electron chi connectivity index (χ3n) is 7.24. The Kier molecular flexibility index (Phi) is 9.76. The van der Waals surface area contributed by atoms with Crippen molar-refractivity contribution in [2.24, 2.45) is 0 Å². The van der Waals surface area contributed by atoms with Crippen LogP contribution < -0.4 is 5.69 Å². The van der Waals surface area contributed by atoms with E-state index in [1.807, 2.05) is 66.4 Å². The molecule has 8 nitrogen and oxygen atoms in total. The average molecular weight is 563 g/mol. The monoisotopic (exact) mass is 562 g/mol. The standard InChI is InChI=1S/C31H39ClN6O2/c1-22-13-16-26(17-14-22)30(39)36(20-10-9-19-35(4)5)23(2)15-18-27-33-29-28(32)24(3)34-38(29)31(40)37(27)21-25-11-7-6-8-12-25/h6-8,11-14,16-17,23H,9-10,15,18-21H2,1-5H3/t23-/m0/s1. The Balaban J connectivity index is 1.61. The van der Waals surface area contributed by atoms with Crippen molar-refractivity contribution in [2.45, 2.75) is 59.0 Å². The molecule has 0 bridgehead atoms. The van der Waals surface area contributed by atoms with Crippen LogP contribution in [0.2, 0.25) is 5.02 Å². The maximum Gasteiger partial charge on any atom is 0.352 e. The number of carbonyl (C=O) groups is 1. The number of carbonyl (C=O) groups excluding carboxylic acids is 1. The number of unbranched alkanes of at least 4 members (excludes halogenated alkanes) is 1. The molecule has 0 aliphatic rings. The van der Waals surface area contributed by atoms with Gasteiger partial charge in [-0.3, -0.25) is 9.36 Å². The summed E-state index contributed by atoms with van der Waals surface area (Å²) in [5.41, 5.74) is 3.46. The second-order valence-electron chi connectivity index (χ2n) is 10.8. The Labute approximate surface area is 241 Å². The molecule has 1 amide bonds. The molecule has 212 valence electrons. The number of fused-ring (bicyclic) bond motifs is 1. The summed E-state index contributed by atoms with van der Waals surface area (Å²) in [7, 11) is 4.12. The lowest BCUT2D eigenvalue weighted by molar-refractivity contribution is 0.0678. The fourth-order valence-electron chi connectivity index (χ4n) is 4.84. The molecule has 9 heteroatoms. The molecule has 0 N–H and O–H groups in total. The number of aromatic nitrogens is 4. The number of hydrogen-bond donors (Lipinski definition) is 0. The van der Waals surface area contributed by atoms with Crippen molar-refractivity contribution in [3.05, 3.63) is 98.3 Å². The van der Waals surface area contributed by atoms with E-state index in [9.17, 15) is 9.59 Å². The van der Waals surface area contributed by atoms with Crippen molar-refractivity contribution in [1.82, 2.24) is 29.0 Å². The molecule has 0 saturated heterocycles. The molecular weight excluding hydrogens is 524 g/mol. The lowest BCUT2D eigenvalue weighted by Crippen LogP contribution is -2.40. The second kappa shape index (κ2) is 13.2. The third kappa shape index (κ3) is 6.98. The molecule has 2 aromatic heterocycles. The zero-order chi connectivity index (χ0) is 28.8. The molecule has 1 atom stereocenters. The SMILES string of the molecule is Cc1ccc(C(=O)N(CCCCN(C)C)[C@@H](C)CCc2nc3c(Cl)c(C)nn3c(=O)n2Cc2ccccc2)cc1. The highest BCUT2D eigenvalue weighted by Gasteiger charge is 2.23. The number of rotatable bonds is 12. The maximum absolute atomic E-state index is 13.6. The van der Waals surface area contributed by atoms with Crippen LogP contribution in [-0.2, 0) is 13.0 Å². The fraction of sp³-hybridized carbons (Fsp3) is 0.419. The third-order valence-corrected chi connectivity index (χ3v) is 7.68. The Hall–Kier alpha value is -3.49. The van der Waals surface area contributed by atoms with Gasteiger partial charge in [0.15, 0.2) is 5.65 Å². The van der Waals surface area contributed by atoms with E-state index in [0.717, 1.165) is 30.5 Å². The Morgan fingerprint density at radius 3 is 2.35 bits per heavy atom. The minimum atomic E-state index is -0.275. The number of benzene rings is 2. The number of nitrogens with zero attached hydrogens (tertiary/aromatic N) is 6. The number of amides is 1. The van der Waals surface area contributed by atoms with Crippen LogP contribution in [0.25, 0.3) is 5.65 Å². The molecule has 0 saturated carbocycles. The smallest absolute Gasteiger partial charge is 0.336 e. The first-order valence-corrected chi connectivity index (χ1v) is 14.2. The van der Waals surface area contributed by atoms with Crippen LogP contribution in [0.5, 0.6) is 0 Å². The molecule has 2 heterocycles. The van der Waals surface area contributed by atoms with Crippen LogP contribution in [0.15, 0.2) is 59.4 Å². The van der Waals surface area contributed by atoms with Gasteiger partial charge in [-0.15, -0.1) is 0 Å². The molecule has 40 heavy (non-hydrogen) atoms. The highest BCUT2D eigenvalue weighted by molar-refractivity contribution is 6.34. The summed E-state index contributed by atoms with van der Waals surface area (Å²) in [6.07, 6.45) is 3.07. The molecule has 0 fully saturated rings. The molecular formula is C31H39ClN6O2. The van der Waals surface area contributed by atoms with Gasteiger partial charge in [-0.1, -0.05) is 59.6 Å². The first kappa shape index (κ1) is 29.5. The minimum absolute atomic E-state index is 0.0249. The van der Waals surface area contributed by atoms with Gasteiger partial charge >= 0.3 is 5.69 Å². The summed E-state index contributed by atoms with van der Waals surface area (Å²) in [6.45, 7) is 7.87. The average Bonchev–Trinajstić information content (AvgIpc) is 3.23. The van der Waals surface area contributed by atoms with Crippen molar-refractivity contribution >= 4 is 23.2 Å². The van der Waals surface area contributed by atoms with Gasteiger partial charge in [0, 0.05) is 24.6 Å². The zero-order valence-electron chi connectivity index (χ0n) is 24.1. The summed E-state index contributed by atoms with van der Waals surface area (Å²) < 4.78 is 2.95. The van der Waals surface area contributed by atoms with Crippen molar-refractivity contribution in [2.75, 3.05) is 27.2 Å². The van der Waals surface area contributed by atoms with E-state index in [4.69, 9.17) is 16.6 Å². The van der Waals surface area contributed by atoms with Crippen molar-refractivity contribution in [3.8, 4) is 0 Å². The molecule has 4 aromatic rings.